The van der Waals surface area contributed by atoms with Gasteiger partial charge in [-0.05, 0) is 24.0 Å². The Labute approximate surface area is 187 Å². The molecule has 1 aliphatic rings. The van der Waals surface area contributed by atoms with Crippen molar-refractivity contribution < 1.29 is 19.1 Å². The van der Waals surface area contributed by atoms with Crippen molar-refractivity contribution in [3.8, 4) is 16.9 Å². The molecule has 0 aliphatic carbocycles. The number of carbonyl (C=O) groups excluding carboxylic acids is 3. The van der Waals surface area contributed by atoms with E-state index >= 15 is 0 Å². The molecule has 3 amide bonds. The maximum absolute atomic E-state index is 12.5. The van der Waals surface area contributed by atoms with Gasteiger partial charge in [0.15, 0.2) is 0 Å². The third-order valence-corrected chi connectivity index (χ3v) is 6.08. The molecule has 7 heteroatoms. The number of para-hydroxylation sites is 1. The Bertz CT molecular complexity index is 917. The normalized spacial score (nSPS) is 15.6. The van der Waals surface area contributed by atoms with E-state index in [4.69, 9.17) is 4.74 Å². The highest BCUT2D eigenvalue weighted by Crippen LogP contribution is 2.36. The third kappa shape index (κ3) is 6.59. The first-order valence-corrected chi connectivity index (χ1v) is 11.6. The molecule has 2 aromatic carbocycles. The van der Waals surface area contributed by atoms with Crippen LogP contribution in [0.4, 0.5) is 9.59 Å². The molecule has 1 unspecified atom stereocenters. The van der Waals surface area contributed by atoms with Gasteiger partial charge in [0, 0.05) is 12.1 Å². The number of carbonyl (C=O) groups is 3. The summed E-state index contributed by atoms with van der Waals surface area (Å²) in [6.07, 6.45) is 5.30. The Hall–Kier alpha value is -2.80. The highest BCUT2D eigenvalue weighted by Gasteiger charge is 2.32. The topological polar surface area (TPSA) is 84.5 Å². The number of imide groups is 1. The van der Waals surface area contributed by atoms with Crippen LogP contribution < -0.4 is 15.4 Å². The second-order valence-corrected chi connectivity index (χ2v) is 8.65. The van der Waals surface area contributed by atoms with Gasteiger partial charge in [-0.15, -0.1) is 0 Å². The van der Waals surface area contributed by atoms with Crippen molar-refractivity contribution in [1.82, 2.24) is 10.6 Å². The lowest BCUT2D eigenvalue weighted by atomic mass is 9.99. The van der Waals surface area contributed by atoms with Crippen LogP contribution in [0.5, 0.6) is 5.75 Å². The molecule has 164 valence electrons. The van der Waals surface area contributed by atoms with E-state index in [-0.39, 0.29) is 11.1 Å². The smallest absolute Gasteiger partial charge is 0.409 e. The minimum absolute atomic E-state index is 0.294. The zero-order valence-corrected chi connectivity index (χ0v) is 18.5. The van der Waals surface area contributed by atoms with Gasteiger partial charge in [0.05, 0.1) is 5.25 Å². The lowest BCUT2D eigenvalue weighted by Gasteiger charge is -2.16. The van der Waals surface area contributed by atoms with Crippen LogP contribution in [0.1, 0.15) is 44.6 Å². The van der Waals surface area contributed by atoms with Gasteiger partial charge in [-0.2, -0.15) is 0 Å². The highest BCUT2D eigenvalue weighted by atomic mass is 32.2. The van der Waals surface area contributed by atoms with Gasteiger partial charge in [0.25, 0.3) is 5.24 Å². The average Bonchev–Trinajstić information content (AvgIpc) is 3.09. The number of unbranched alkanes of at least 4 members (excludes halogenated alkanes) is 4. The Morgan fingerprint density at radius 2 is 1.81 bits per heavy atom. The van der Waals surface area contributed by atoms with E-state index in [0.717, 1.165) is 42.2 Å². The Morgan fingerprint density at radius 1 is 1.03 bits per heavy atom. The molecule has 1 heterocycles. The Morgan fingerprint density at radius 3 is 2.52 bits per heavy atom. The number of benzene rings is 2. The van der Waals surface area contributed by atoms with Crippen LogP contribution in [0, 0.1) is 0 Å². The van der Waals surface area contributed by atoms with Gasteiger partial charge < -0.3 is 10.1 Å². The Balaban J connectivity index is 1.76. The molecule has 1 saturated heterocycles. The molecule has 6 nitrogen and oxygen atoms in total. The van der Waals surface area contributed by atoms with Gasteiger partial charge in [0.1, 0.15) is 5.75 Å². The van der Waals surface area contributed by atoms with E-state index in [0.29, 0.717) is 24.3 Å². The van der Waals surface area contributed by atoms with Crippen molar-refractivity contribution in [1.29, 1.82) is 0 Å². The molecular weight excluding hydrogens is 412 g/mol. The second-order valence-electron chi connectivity index (χ2n) is 7.48. The van der Waals surface area contributed by atoms with Crippen LogP contribution in [0.2, 0.25) is 0 Å². The highest BCUT2D eigenvalue weighted by molar-refractivity contribution is 8.15. The van der Waals surface area contributed by atoms with E-state index < -0.39 is 11.3 Å². The lowest BCUT2D eigenvalue weighted by Crippen LogP contribution is -2.29. The van der Waals surface area contributed by atoms with Crippen LogP contribution in [-0.2, 0) is 11.2 Å². The molecule has 1 aliphatic heterocycles. The fourth-order valence-corrected chi connectivity index (χ4v) is 4.33. The molecule has 0 aromatic heterocycles. The summed E-state index contributed by atoms with van der Waals surface area (Å²) >= 11 is 0.965. The standard InChI is InChI=1S/C24H28N2O4S/c1-2-3-4-5-9-15-25-23(28)30-21-18(16-20-22(27)26-24(29)31-20)13-10-14-19(21)17-11-7-6-8-12-17/h6-8,10-14,20H,2-5,9,15-16H2,1H3,(H,25,28)(H,26,27,29). The van der Waals surface area contributed by atoms with E-state index in [1.54, 1.807) is 0 Å². The number of rotatable bonds is 10. The molecular formula is C24H28N2O4S. The maximum Gasteiger partial charge on any atom is 0.412 e. The molecule has 0 saturated carbocycles. The predicted octanol–water partition coefficient (Wildman–Crippen LogP) is 5.31. The van der Waals surface area contributed by atoms with Crippen molar-refractivity contribution in [2.75, 3.05) is 6.54 Å². The van der Waals surface area contributed by atoms with E-state index in [1.807, 2.05) is 48.5 Å². The fourth-order valence-electron chi connectivity index (χ4n) is 3.49. The van der Waals surface area contributed by atoms with Crippen molar-refractivity contribution in [3.63, 3.8) is 0 Å². The zero-order valence-electron chi connectivity index (χ0n) is 17.7. The summed E-state index contributed by atoms with van der Waals surface area (Å²) in [5.41, 5.74) is 2.39. The molecule has 1 atom stereocenters. The van der Waals surface area contributed by atoms with Gasteiger partial charge in [-0.1, -0.05) is 92.9 Å². The number of hydrogen-bond donors (Lipinski definition) is 2. The van der Waals surface area contributed by atoms with Crippen LogP contribution >= 0.6 is 11.8 Å². The van der Waals surface area contributed by atoms with Gasteiger partial charge in [-0.25, -0.2) is 4.79 Å². The van der Waals surface area contributed by atoms with Gasteiger partial charge in [0.2, 0.25) is 5.91 Å². The largest absolute Gasteiger partial charge is 0.412 e. The van der Waals surface area contributed by atoms with Crippen LogP contribution in [0.25, 0.3) is 11.1 Å². The number of thioether (sulfide) groups is 1. The van der Waals surface area contributed by atoms with E-state index in [9.17, 15) is 14.4 Å². The van der Waals surface area contributed by atoms with Crippen molar-refractivity contribution in [3.05, 3.63) is 54.1 Å². The zero-order chi connectivity index (χ0) is 22.1. The first kappa shape index (κ1) is 22.9. The van der Waals surface area contributed by atoms with E-state index in [2.05, 4.69) is 17.6 Å². The van der Waals surface area contributed by atoms with Gasteiger partial charge >= 0.3 is 6.09 Å². The molecule has 0 bridgehead atoms. The molecule has 2 aromatic rings. The maximum atomic E-state index is 12.5. The van der Waals surface area contributed by atoms with Crippen molar-refractivity contribution in [2.45, 2.75) is 50.7 Å². The predicted molar refractivity (Wildman–Crippen MR) is 123 cm³/mol. The van der Waals surface area contributed by atoms with Crippen molar-refractivity contribution in [2.24, 2.45) is 0 Å². The molecule has 0 spiro atoms. The fraction of sp³-hybridized carbons (Fsp3) is 0.375. The molecule has 2 N–H and O–H groups in total. The SMILES string of the molecule is CCCCCCCNC(=O)Oc1c(CC2SC(=O)NC2=O)cccc1-c1ccccc1. The van der Waals surface area contributed by atoms with E-state index in [1.165, 1.54) is 12.8 Å². The molecule has 31 heavy (non-hydrogen) atoms. The summed E-state index contributed by atoms with van der Waals surface area (Å²) in [5.74, 6) is 0.104. The lowest BCUT2D eigenvalue weighted by molar-refractivity contribution is -0.118. The van der Waals surface area contributed by atoms with Crippen molar-refractivity contribution >= 4 is 29.0 Å². The number of hydrogen-bond acceptors (Lipinski definition) is 5. The molecule has 0 radical (unpaired) electrons. The van der Waals surface area contributed by atoms with Crippen LogP contribution in [0.15, 0.2) is 48.5 Å². The summed E-state index contributed by atoms with van der Waals surface area (Å²) in [6.45, 7) is 2.72. The number of amides is 3. The number of nitrogens with one attached hydrogen (secondary N) is 2. The summed E-state index contributed by atoms with van der Waals surface area (Å²) in [6, 6.07) is 15.2. The average molecular weight is 441 g/mol. The van der Waals surface area contributed by atoms with Crippen LogP contribution in [-0.4, -0.2) is 29.0 Å². The minimum atomic E-state index is -0.539. The molecule has 1 fully saturated rings. The van der Waals surface area contributed by atoms with Crippen LogP contribution in [0.3, 0.4) is 0 Å². The molecule has 3 rings (SSSR count). The van der Waals surface area contributed by atoms with Gasteiger partial charge in [-0.3, -0.25) is 14.9 Å². The summed E-state index contributed by atoms with van der Waals surface area (Å²) < 4.78 is 5.76. The minimum Gasteiger partial charge on any atom is -0.409 e. The second kappa shape index (κ2) is 11.6. The summed E-state index contributed by atoms with van der Waals surface area (Å²) in [5, 5.41) is 4.24. The first-order valence-electron chi connectivity index (χ1n) is 10.7. The summed E-state index contributed by atoms with van der Waals surface area (Å²) in [7, 11) is 0. The monoisotopic (exact) mass is 440 g/mol. The third-order valence-electron chi connectivity index (χ3n) is 5.10. The summed E-state index contributed by atoms with van der Waals surface area (Å²) in [4.78, 5) is 36.1. The Kier molecular flexibility index (Phi) is 8.53. The number of ether oxygens (including phenoxy) is 1. The quantitative estimate of drug-likeness (QED) is 0.489. The first-order chi connectivity index (χ1) is 15.1.